The number of piperazine rings is 1. The van der Waals surface area contributed by atoms with E-state index in [1.807, 2.05) is 42.5 Å². The molecule has 218 valence electrons. The molecule has 1 atom stereocenters. The van der Waals surface area contributed by atoms with Crippen molar-refractivity contribution >= 4 is 54.0 Å². The maximum Gasteiger partial charge on any atom is 0.335 e. The second-order valence-corrected chi connectivity index (χ2v) is 10.2. The van der Waals surface area contributed by atoms with Crippen LogP contribution in [0.5, 0.6) is 0 Å². The number of carbonyl (C=O) groups excluding carboxylic acids is 2. The van der Waals surface area contributed by atoms with E-state index in [-0.39, 0.29) is 48.1 Å². The Morgan fingerprint density at radius 1 is 0.902 bits per heavy atom. The van der Waals surface area contributed by atoms with E-state index < -0.39 is 5.97 Å². The van der Waals surface area contributed by atoms with Gasteiger partial charge in [0, 0.05) is 56.8 Å². The summed E-state index contributed by atoms with van der Waals surface area (Å²) in [5, 5.41) is 12.3. The van der Waals surface area contributed by atoms with Gasteiger partial charge in [-0.1, -0.05) is 24.3 Å². The van der Waals surface area contributed by atoms with Gasteiger partial charge in [-0.15, -0.1) is 24.8 Å². The summed E-state index contributed by atoms with van der Waals surface area (Å²) in [6, 6.07) is 17.8. The van der Waals surface area contributed by atoms with Crippen LogP contribution in [-0.2, 0) is 4.79 Å². The van der Waals surface area contributed by atoms with Gasteiger partial charge in [-0.2, -0.15) is 0 Å². The summed E-state index contributed by atoms with van der Waals surface area (Å²) in [6.45, 7) is 4.71. The van der Waals surface area contributed by atoms with Crippen LogP contribution in [0.3, 0.4) is 0 Å². The fourth-order valence-corrected chi connectivity index (χ4v) is 5.19. The van der Waals surface area contributed by atoms with Gasteiger partial charge in [0.05, 0.1) is 11.5 Å². The molecule has 0 spiro atoms. The van der Waals surface area contributed by atoms with Crippen molar-refractivity contribution in [1.29, 1.82) is 0 Å². The molecule has 0 unspecified atom stereocenters. The Balaban J connectivity index is 0.00000231. The zero-order valence-electron chi connectivity index (χ0n) is 22.9. The number of aromatic nitrogens is 1. The summed E-state index contributed by atoms with van der Waals surface area (Å²) < 4.78 is 0. The third kappa shape index (κ3) is 7.75. The normalized spacial score (nSPS) is 17.1. The molecule has 5 rings (SSSR count). The molecule has 0 saturated carbocycles. The minimum Gasteiger partial charge on any atom is -0.478 e. The molecule has 3 heterocycles. The smallest absolute Gasteiger partial charge is 0.335 e. The van der Waals surface area contributed by atoms with E-state index >= 15 is 0 Å². The number of carbonyl (C=O) groups is 3. The molecule has 2 fully saturated rings. The van der Waals surface area contributed by atoms with Crippen molar-refractivity contribution in [3.63, 3.8) is 0 Å². The maximum atomic E-state index is 13.4. The number of amides is 2. The van der Waals surface area contributed by atoms with E-state index in [1.165, 1.54) is 0 Å². The van der Waals surface area contributed by atoms with Crippen LogP contribution in [0.15, 0.2) is 66.9 Å². The van der Waals surface area contributed by atoms with Crippen LogP contribution >= 0.6 is 24.8 Å². The second-order valence-electron chi connectivity index (χ2n) is 10.2. The molecule has 3 aromatic rings. The SMILES string of the molecule is CN1CCN(c2ccnc(C(=O)N3CCC[C@H](C(=O)Nc4cccc(-c5cccc(C(=O)O)c5)c4)C3)c2)CC1.Cl.Cl. The molecule has 2 aliphatic rings. The number of halogens is 2. The van der Waals surface area contributed by atoms with Crippen molar-refractivity contribution < 1.29 is 19.5 Å². The molecular weight excluding hydrogens is 565 g/mol. The average molecular weight is 601 g/mol. The fraction of sp³-hybridized carbons (Fsp3) is 0.333. The number of rotatable bonds is 6. The van der Waals surface area contributed by atoms with E-state index in [9.17, 15) is 19.5 Å². The van der Waals surface area contributed by atoms with Crippen LogP contribution in [0.25, 0.3) is 11.1 Å². The maximum absolute atomic E-state index is 13.4. The molecular formula is C30H35Cl2N5O4. The van der Waals surface area contributed by atoms with Crippen molar-refractivity contribution in [1.82, 2.24) is 14.8 Å². The number of likely N-dealkylation sites (tertiary alicyclic amines) is 1. The lowest BCUT2D eigenvalue weighted by Crippen LogP contribution is -2.45. The Morgan fingerprint density at radius 2 is 1.61 bits per heavy atom. The molecule has 2 amide bonds. The molecule has 2 aliphatic heterocycles. The van der Waals surface area contributed by atoms with Crippen molar-refractivity contribution in [2.45, 2.75) is 12.8 Å². The van der Waals surface area contributed by atoms with Crippen LogP contribution in [-0.4, -0.2) is 84.0 Å². The predicted octanol–water partition coefficient (Wildman–Crippen LogP) is 4.53. The highest BCUT2D eigenvalue weighted by Crippen LogP contribution is 2.26. The lowest BCUT2D eigenvalue weighted by Gasteiger charge is -2.34. The van der Waals surface area contributed by atoms with Gasteiger partial charge in [-0.05, 0) is 67.4 Å². The zero-order valence-corrected chi connectivity index (χ0v) is 24.5. The van der Waals surface area contributed by atoms with Crippen LogP contribution in [0.2, 0.25) is 0 Å². The molecule has 0 aliphatic carbocycles. The number of piperidine rings is 1. The number of nitrogens with zero attached hydrogens (tertiary/aromatic N) is 4. The Morgan fingerprint density at radius 3 is 2.34 bits per heavy atom. The summed E-state index contributed by atoms with van der Waals surface area (Å²) in [5.74, 6) is -1.60. The summed E-state index contributed by atoms with van der Waals surface area (Å²) in [5.41, 5.74) is 3.81. The first-order chi connectivity index (χ1) is 18.9. The number of hydrogen-bond donors (Lipinski definition) is 2. The summed E-state index contributed by atoms with van der Waals surface area (Å²) in [6.07, 6.45) is 3.13. The Labute approximate surface area is 252 Å². The fourth-order valence-electron chi connectivity index (χ4n) is 5.19. The molecule has 11 heteroatoms. The van der Waals surface area contributed by atoms with Crippen LogP contribution in [0.4, 0.5) is 11.4 Å². The third-order valence-corrected chi connectivity index (χ3v) is 7.48. The molecule has 2 aromatic carbocycles. The highest BCUT2D eigenvalue weighted by atomic mass is 35.5. The van der Waals surface area contributed by atoms with E-state index in [1.54, 1.807) is 29.3 Å². The van der Waals surface area contributed by atoms with Crippen molar-refractivity contribution in [3.8, 4) is 11.1 Å². The number of pyridine rings is 1. The summed E-state index contributed by atoms with van der Waals surface area (Å²) in [7, 11) is 2.11. The molecule has 0 bridgehead atoms. The first-order valence-electron chi connectivity index (χ1n) is 13.3. The number of benzene rings is 2. The summed E-state index contributed by atoms with van der Waals surface area (Å²) in [4.78, 5) is 48.5. The van der Waals surface area contributed by atoms with E-state index in [4.69, 9.17) is 0 Å². The molecule has 2 N–H and O–H groups in total. The zero-order chi connectivity index (χ0) is 27.4. The largest absolute Gasteiger partial charge is 0.478 e. The number of aromatic carboxylic acids is 1. The first kappa shape index (κ1) is 31.9. The van der Waals surface area contributed by atoms with E-state index in [0.29, 0.717) is 30.9 Å². The molecule has 41 heavy (non-hydrogen) atoms. The molecule has 9 nitrogen and oxygen atoms in total. The molecule has 1 aromatic heterocycles. The van der Waals surface area contributed by atoms with Gasteiger partial charge < -0.3 is 25.1 Å². The van der Waals surface area contributed by atoms with Crippen molar-refractivity contribution in [2.75, 3.05) is 56.5 Å². The van der Waals surface area contributed by atoms with E-state index in [2.05, 4.69) is 27.1 Å². The number of carboxylic acid groups (broad SMARTS) is 1. The van der Waals surface area contributed by atoms with Crippen LogP contribution in [0, 0.1) is 5.92 Å². The molecule has 2 saturated heterocycles. The van der Waals surface area contributed by atoms with E-state index in [0.717, 1.165) is 49.4 Å². The molecule has 0 radical (unpaired) electrons. The van der Waals surface area contributed by atoms with Crippen molar-refractivity contribution in [3.05, 3.63) is 78.1 Å². The quantitative estimate of drug-likeness (QED) is 0.428. The standard InChI is InChI=1S/C30H33N5O4.2ClH/c1-33-13-15-34(16-14-33)26-10-11-31-27(19-26)29(37)35-12-4-8-24(20-35)28(36)32-25-9-3-6-22(18-25)21-5-2-7-23(17-21)30(38)39;;/h2-3,5-7,9-11,17-19,24H,4,8,12-16,20H2,1H3,(H,32,36)(H,38,39);2*1H/t24-;;/m0../s1. The highest BCUT2D eigenvalue weighted by molar-refractivity contribution is 5.96. The van der Waals surface area contributed by atoms with Gasteiger partial charge in [0.2, 0.25) is 5.91 Å². The Bertz CT molecular complexity index is 1380. The van der Waals surface area contributed by atoms with Crippen molar-refractivity contribution in [2.24, 2.45) is 5.92 Å². The third-order valence-electron chi connectivity index (χ3n) is 7.48. The Kier molecular flexibility index (Phi) is 11.1. The number of anilines is 2. The lowest BCUT2D eigenvalue weighted by molar-refractivity contribution is -0.121. The topological polar surface area (TPSA) is 106 Å². The monoisotopic (exact) mass is 599 g/mol. The number of carboxylic acids is 1. The van der Waals surface area contributed by atoms with Crippen LogP contribution < -0.4 is 10.2 Å². The Hall–Kier alpha value is -3.66. The van der Waals surface area contributed by atoms with Gasteiger partial charge in [0.15, 0.2) is 0 Å². The average Bonchev–Trinajstić information content (AvgIpc) is 2.97. The van der Waals surface area contributed by atoms with Gasteiger partial charge in [-0.25, -0.2) is 4.79 Å². The number of hydrogen-bond acceptors (Lipinski definition) is 6. The summed E-state index contributed by atoms with van der Waals surface area (Å²) >= 11 is 0. The highest BCUT2D eigenvalue weighted by Gasteiger charge is 2.30. The predicted molar refractivity (Wildman–Crippen MR) is 165 cm³/mol. The first-order valence-corrected chi connectivity index (χ1v) is 13.3. The van der Waals surface area contributed by atoms with Gasteiger partial charge in [0.1, 0.15) is 5.69 Å². The van der Waals surface area contributed by atoms with Gasteiger partial charge >= 0.3 is 5.97 Å². The minimum atomic E-state index is -0.987. The van der Waals surface area contributed by atoms with Gasteiger partial charge in [0.25, 0.3) is 5.91 Å². The number of nitrogens with one attached hydrogen (secondary N) is 1. The second kappa shape index (κ2) is 14.3. The minimum absolute atomic E-state index is 0. The number of likely N-dealkylation sites (N-methyl/N-ethyl adjacent to an activating group) is 1. The van der Waals surface area contributed by atoms with Gasteiger partial charge in [-0.3, -0.25) is 14.6 Å². The lowest BCUT2D eigenvalue weighted by atomic mass is 9.96. The van der Waals surface area contributed by atoms with Crippen LogP contribution in [0.1, 0.15) is 33.7 Å².